The van der Waals surface area contributed by atoms with E-state index >= 15 is 0 Å². The predicted molar refractivity (Wildman–Crippen MR) is 112 cm³/mol. The number of aliphatic imine (C=N–C) groups is 1. The summed E-state index contributed by atoms with van der Waals surface area (Å²) in [7, 11) is 4.36. The van der Waals surface area contributed by atoms with Crippen molar-refractivity contribution in [3.63, 3.8) is 0 Å². The summed E-state index contributed by atoms with van der Waals surface area (Å²) >= 11 is 1.83. The van der Waals surface area contributed by atoms with Crippen molar-refractivity contribution >= 4 is 41.3 Å². The van der Waals surface area contributed by atoms with Crippen LogP contribution in [-0.4, -0.2) is 62.6 Å². The fraction of sp³-hybridized carbons (Fsp3) is 0.706. The van der Waals surface area contributed by atoms with Crippen LogP contribution in [-0.2, 0) is 6.42 Å². The molecule has 1 aliphatic rings. The summed E-state index contributed by atoms with van der Waals surface area (Å²) in [6, 6.07) is 4.33. The summed E-state index contributed by atoms with van der Waals surface area (Å²) in [6.07, 6.45) is 3.71. The first-order chi connectivity index (χ1) is 10.7. The molecule has 1 saturated heterocycles. The van der Waals surface area contributed by atoms with Crippen LogP contribution in [0.3, 0.4) is 0 Å². The highest BCUT2D eigenvalue weighted by molar-refractivity contribution is 14.0. The maximum absolute atomic E-state index is 4.88. The third-order valence-corrected chi connectivity index (χ3v) is 5.13. The molecule has 0 spiro atoms. The maximum atomic E-state index is 4.88. The van der Waals surface area contributed by atoms with Crippen molar-refractivity contribution in [1.82, 2.24) is 15.1 Å². The van der Waals surface area contributed by atoms with Gasteiger partial charge < -0.3 is 15.1 Å². The van der Waals surface area contributed by atoms with Crippen molar-refractivity contribution in [3.05, 3.63) is 22.4 Å². The molecule has 1 fully saturated rings. The minimum absolute atomic E-state index is 0. The number of thiophene rings is 1. The third kappa shape index (κ3) is 7.39. The fourth-order valence-electron chi connectivity index (χ4n) is 2.95. The molecule has 0 saturated carbocycles. The number of nitrogens with zero attached hydrogens (tertiary/aromatic N) is 3. The summed E-state index contributed by atoms with van der Waals surface area (Å²) in [5, 5.41) is 5.58. The lowest BCUT2D eigenvalue weighted by molar-refractivity contribution is 0.214. The largest absolute Gasteiger partial charge is 0.357 e. The van der Waals surface area contributed by atoms with Crippen molar-refractivity contribution in [2.24, 2.45) is 10.9 Å². The molecule has 0 radical (unpaired) electrons. The molecule has 23 heavy (non-hydrogen) atoms. The van der Waals surface area contributed by atoms with Crippen molar-refractivity contribution < 1.29 is 0 Å². The molecule has 132 valence electrons. The van der Waals surface area contributed by atoms with E-state index in [0.29, 0.717) is 5.92 Å². The Balaban J connectivity index is 0.00000264. The van der Waals surface area contributed by atoms with Crippen molar-refractivity contribution in [3.8, 4) is 0 Å². The van der Waals surface area contributed by atoms with Crippen LogP contribution >= 0.6 is 35.3 Å². The van der Waals surface area contributed by atoms with Crippen LogP contribution in [0.15, 0.2) is 22.5 Å². The Bertz CT molecular complexity index is 449. The van der Waals surface area contributed by atoms with E-state index in [9.17, 15) is 0 Å². The summed E-state index contributed by atoms with van der Waals surface area (Å²) in [5.41, 5.74) is 0. The molecule has 1 unspecified atom stereocenters. The van der Waals surface area contributed by atoms with Gasteiger partial charge in [0.05, 0.1) is 0 Å². The molecule has 4 nitrogen and oxygen atoms in total. The zero-order chi connectivity index (χ0) is 15.8. The molecule has 6 heteroatoms. The Morgan fingerprint density at radius 1 is 1.52 bits per heavy atom. The minimum atomic E-state index is 0. The minimum Gasteiger partial charge on any atom is -0.357 e. The number of hydrogen-bond donors (Lipinski definition) is 1. The molecule has 2 rings (SSSR count). The van der Waals surface area contributed by atoms with Crippen LogP contribution in [0, 0.1) is 5.92 Å². The summed E-state index contributed by atoms with van der Waals surface area (Å²) < 4.78 is 0. The van der Waals surface area contributed by atoms with Gasteiger partial charge in [-0.2, -0.15) is 0 Å². The van der Waals surface area contributed by atoms with Crippen LogP contribution in [0.1, 0.15) is 24.6 Å². The Hall–Kier alpha value is -0.340. The van der Waals surface area contributed by atoms with Gasteiger partial charge in [0, 0.05) is 38.1 Å². The molecule has 2 heterocycles. The highest BCUT2D eigenvalue weighted by Crippen LogP contribution is 2.15. The van der Waals surface area contributed by atoms with Crippen LogP contribution in [0.25, 0.3) is 0 Å². The van der Waals surface area contributed by atoms with E-state index in [1.807, 2.05) is 11.3 Å². The average molecular weight is 450 g/mol. The van der Waals surface area contributed by atoms with Gasteiger partial charge in [-0.15, -0.1) is 35.3 Å². The predicted octanol–water partition coefficient (Wildman–Crippen LogP) is 3.15. The van der Waals surface area contributed by atoms with E-state index in [4.69, 9.17) is 4.99 Å². The number of nitrogens with one attached hydrogen (secondary N) is 1. The molecule has 1 atom stereocenters. The fourth-order valence-corrected chi connectivity index (χ4v) is 3.64. The lowest BCUT2D eigenvalue weighted by atomic mass is 9.99. The molecule has 0 aliphatic carbocycles. The Morgan fingerprint density at radius 3 is 3.00 bits per heavy atom. The van der Waals surface area contributed by atoms with Gasteiger partial charge in [-0.1, -0.05) is 6.07 Å². The number of rotatable bonds is 6. The second-order valence-corrected chi connectivity index (χ2v) is 7.25. The van der Waals surface area contributed by atoms with Gasteiger partial charge in [0.25, 0.3) is 0 Å². The van der Waals surface area contributed by atoms with Crippen LogP contribution in [0.4, 0.5) is 0 Å². The molecule has 0 amide bonds. The molecule has 1 aliphatic heterocycles. The zero-order valence-corrected chi connectivity index (χ0v) is 17.8. The van der Waals surface area contributed by atoms with Gasteiger partial charge >= 0.3 is 0 Å². The lowest BCUT2D eigenvalue weighted by Gasteiger charge is -2.29. The second kappa shape index (κ2) is 11.3. The smallest absolute Gasteiger partial charge is 0.193 e. The van der Waals surface area contributed by atoms with Crippen molar-refractivity contribution in [2.75, 3.05) is 46.8 Å². The molecule has 1 aromatic heterocycles. The van der Waals surface area contributed by atoms with Crippen LogP contribution in [0.2, 0.25) is 0 Å². The topological polar surface area (TPSA) is 30.9 Å². The monoisotopic (exact) mass is 450 g/mol. The molecule has 0 aromatic carbocycles. The van der Waals surface area contributed by atoms with Crippen LogP contribution < -0.4 is 5.32 Å². The quantitative estimate of drug-likeness (QED) is 0.411. The van der Waals surface area contributed by atoms with E-state index in [1.54, 1.807) is 0 Å². The lowest BCUT2D eigenvalue weighted by Crippen LogP contribution is -2.41. The standard InChI is InChI=1S/C17H30N4S.HI/c1-4-18-17(19-13-15-7-5-10-20(2)14-15)21(3)11-9-16-8-6-12-22-16;/h6,8,12,15H,4-5,7,9-11,13-14H2,1-3H3,(H,18,19);1H. The second-order valence-electron chi connectivity index (χ2n) is 6.22. The average Bonchev–Trinajstić information content (AvgIpc) is 3.02. The zero-order valence-electron chi connectivity index (χ0n) is 14.6. The van der Waals surface area contributed by atoms with Crippen molar-refractivity contribution in [1.29, 1.82) is 0 Å². The van der Waals surface area contributed by atoms with E-state index in [-0.39, 0.29) is 24.0 Å². The van der Waals surface area contributed by atoms with Crippen molar-refractivity contribution in [2.45, 2.75) is 26.2 Å². The first-order valence-electron chi connectivity index (χ1n) is 8.39. The number of piperidine rings is 1. The normalized spacial score (nSPS) is 19.3. The van der Waals surface area contributed by atoms with E-state index in [1.165, 1.54) is 30.8 Å². The summed E-state index contributed by atoms with van der Waals surface area (Å²) in [5.74, 6) is 1.75. The molecular weight excluding hydrogens is 419 g/mol. The van der Waals surface area contributed by atoms with Gasteiger partial charge in [-0.3, -0.25) is 4.99 Å². The van der Waals surface area contributed by atoms with E-state index in [0.717, 1.165) is 32.0 Å². The molecular formula is C17H31IN4S. The number of likely N-dealkylation sites (tertiary alicyclic amines) is 1. The third-order valence-electron chi connectivity index (χ3n) is 4.19. The van der Waals surface area contributed by atoms with E-state index in [2.05, 4.69) is 53.6 Å². The Kier molecular flexibility index (Phi) is 10.1. The van der Waals surface area contributed by atoms with Gasteiger partial charge in [-0.05, 0) is 57.1 Å². The molecule has 1 N–H and O–H groups in total. The van der Waals surface area contributed by atoms with Gasteiger partial charge in [0.2, 0.25) is 0 Å². The number of likely N-dealkylation sites (N-methyl/N-ethyl adjacent to an activating group) is 1. The first-order valence-corrected chi connectivity index (χ1v) is 9.27. The maximum Gasteiger partial charge on any atom is 0.193 e. The molecule has 1 aromatic rings. The van der Waals surface area contributed by atoms with Gasteiger partial charge in [0.15, 0.2) is 5.96 Å². The van der Waals surface area contributed by atoms with E-state index < -0.39 is 0 Å². The number of hydrogen-bond acceptors (Lipinski definition) is 3. The molecule has 0 bridgehead atoms. The highest BCUT2D eigenvalue weighted by atomic mass is 127. The van der Waals surface area contributed by atoms with Crippen LogP contribution in [0.5, 0.6) is 0 Å². The Morgan fingerprint density at radius 2 is 2.35 bits per heavy atom. The number of halogens is 1. The summed E-state index contributed by atoms with van der Waals surface area (Å²) in [6.45, 7) is 7.43. The first kappa shape index (κ1) is 20.7. The Labute approximate surface area is 162 Å². The number of guanidine groups is 1. The van der Waals surface area contributed by atoms with Gasteiger partial charge in [-0.25, -0.2) is 0 Å². The van der Waals surface area contributed by atoms with Gasteiger partial charge in [0.1, 0.15) is 0 Å². The SMILES string of the molecule is CCNC(=NCC1CCCN(C)C1)N(C)CCc1cccs1.I. The highest BCUT2D eigenvalue weighted by Gasteiger charge is 2.17. The summed E-state index contributed by atoms with van der Waals surface area (Å²) in [4.78, 5) is 11.0.